The van der Waals surface area contributed by atoms with Crippen molar-refractivity contribution in [1.82, 2.24) is 19.5 Å². The molecule has 2 aromatic heterocycles. The van der Waals surface area contributed by atoms with Crippen LogP contribution >= 0.6 is 0 Å². The van der Waals surface area contributed by atoms with E-state index in [1.807, 2.05) is 0 Å². The fraction of sp³-hybridized carbons (Fsp3) is 0.538. The van der Waals surface area contributed by atoms with Crippen LogP contribution in [0.2, 0.25) is 0 Å². The molecule has 0 bridgehead atoms. The largest absolute Gasteiger partial charge is 0.459 e. The number of aliphatic hydroxyl groups is 1. The summed E-state index contributed by atoms with van der Waals surface area (Å²) in [6.45, 7) is 3.02. The summed E-state index contributed by atoms with van der Waals surface area (Å²) >= 11 is 0. The van der Waals surface area contributed by atoms with Gasteiger partial charge in [0.25, 0.3) is 5.56 Å². The number of imidazole rings is 1. The second kappa shape index (κ2) is 7.38. The lowest BCUT2D eigenvalue weighted by atomic mass is 10.1. The molecule has 0 saturated heterocycles. The summed E-state index contributed by atoms with van der Waals surface area (Å²) in [5.41, 5.74) is 10.9. The van der Waals surface area contributed by atoms with E-state index in [-0.39, 0.29) is 36.4 Å². The number of hydrogen-bond donors (Lipinski definition) is 4. The van der Waals surface area contributed by atoms with Crippen molar-refractivity contribution in [1.29, 1.82) is 0 Å². The molecule has 0 saturated carbocycles. The highest BCUT2D eigenvalue weighted by Crippen LogP contribution is 2.07. The summed E-state index contributed by atoms with van der Waals surface area (Å²) in [6.07, 6.45) is -0.0511. The van der Waals surface area contributed by atoms with Gasteiger partial charge in [0.2, 0.25) is 5.95 Å². The van der Waals surface area contributed by atoms with Crippen molar-refractivity contribution in [2.75, 3.05) is 12.3 Å². The second-order valence-electron chi connectivity index (χ2n) is 5.49. The summed E-state index contributed by atoms with van der Waals surface area (Å²) in [6, 6.07) is -0.770. The van der Waals surface area contributed by atoms with Crippen molar-refractivity contribution < 1.29 is 19.4 Å². The zero-order valence-electron chi connectivity index (χ0n) is 13.3. The quantitative estimate of drug-likeness (QED) is 0.346. The molecule has 2 atom stereocenters. The fourth-order valence-electron chi connectivity index (χ4n) is 1.80. The Kier molecular flexibility index (Phi) is 5.49. The molecule has 24 heavy (non-hydrogen) atoms. The van der Waals surface area contributed by atoms with Gasteiger partial charge in [-0.05, 0) is 5.92 Å². The molecule has 1 unspecified atom stereocenters. The Balaban J connectivity index is 1.92. The molecule has 11 nitrogen and oxygen atoms in total. The highest BCUT2D eigenvalue weighted by atomic mass is 16.6. The molecule has 2 aromatic rings. The minimum Gasteiger partial charge on any atom is -0.459 e. The van der Waals surface area contributed by atoms with Gasteiger partial charge in [0.05, 0.1) is 6.33 Å². The van der Waals surface area contributed by atoms with Crippen molar-refractivity contribution >= 4 is 23.1 Å². The fourth-order valence-corrected chi connectivity index (χ4v) is 1.80. The number of H-pyrrole nitrogens is 1. The van der Waals surface area contributed by atoms with E-state index in [4.69, 9.17) is 20.9 Å². The Bertz CT molecular complexity index is 770. The zero-order valence-corrected chi connectivity index (χ0v) is 13.3. The third-order valence-corrected chi connectivity index (χ3v) is 3.26. The zero-order chi connectivity index (χ0) is 17.9. The van der Waals surface area contributed by atoms with Gasteiger partial charge in [0.1, 0.15) is 19.4 Å². The van der Waals surface area contributed by atoms with Gasteiger partial charge in [-0.3, -0.25) is 19.1 Å². The monoisotopic (exact) mass is 340 g/mol. The van der Waals surface area contributed by atoms with Crippen molar-refractivity contribution in [3.8, 4) is 0 Å². The van der Waals surface area contributed by atoms with Crippen LogP contribution in [-0.2, 0) is 21.0 Å². The summed E-state index contributed by atoms with van der Waals surface area (Å²) in [7, 11) is 0. The van der Waals surface area contributed by atoms with Crippen molar-refractivity contribution in [3.63, 3.8) is 0 Å². The van der Waals surface area contributed by atoms with Gasteiger partial charge in [-0.25, -0.2) is 4.98 Å². The molecule has 0 aliphatic rings. The van der Waals surface area contributed by atoms with Crippen molar-refractivity contribution in [2.45, 2.75) is 32.9 Å². The highest BCUT2D eigenvalue weighted by Gasteiger charge is 2.20. The first-order chi connectivity index (χ1) is 11.3. The van der Waals surface area contributed by atoms with Gasteiger partial charge in [-0.2, -0.15) is 4.98 Å². The lowest BCUT2D eigenvalue weighted by Gasteiger charge is -2.17. The van der Waals surface area contributed by atoms with Crippen LogP contribution in [0.4, 0.5) is 5.95 Å². The van der Waals surface area contributed by atoms with Gasteiger partial charge < -0.3 is 26.0 Å². The summed E-state index contributed by atoms with van der Waals surface area (Å²) in [5, 5.41) is 9.71. The van der Waals surface area contributed by atoms with Crippen LogP contribution in [0.25, 0.3) is 11.2 Å². The third-order valence-electron chi connectivity index (χ3n) is 3.26. The Labute approximate surface area is 136 Å². The number of carbonyl (C=O) groups excluding carboxylic acids is 1. The number of esters is 1. The molecule has 0 fully saturated rings. The first-order valence-electron chi connectivity index (χ1n) is 7.22. The minimum atomic E-state index is -1.37. The first-order valence-corrected chi connectivity index (χ1v) is 7.22. The van der Waals surface area contributed by atoms with Gasteiger partial charge in [-0.15, -0.1) is 0 Å². The molecule has 0 aliphatic carbocycles. The Hall–Kier alpha value is -2.50. The molecule has 2 heterocycles. The number of aromatic nitrogens is 4. The van der Waals surface area contributed by atoms with Crippen LogP contribution in [0.15, 0.2) is 11.1 Å². The maximum absolute atomic E-state index is 11.6. The summed E-state index contributed by atoms with van der Waals surface area (Å²) < 4.78 is 11.4. The molecule has 11 heteroatoms. The number of aliphatic hydroxyl groups excluding tert-OH is 1. The molecule has 0 radical (unpaired) electrons. The van der Waals surface area contributed by atoms with Crippen LogP contribution in [0, 0.1) is 5.92 Å². The Morgan fingerprint density at radius 1 is 1.50 bits per heavy atom. The molecular weight excluding hydrogens is 320 g/mol. The third kappa shape index (κ3) is 4.07. The maximum Gasteiger partial charge on any atom is 0.323 e. The summed E-state index contributed by atoms with van der Waals surface area (Å²) in [4.78, 5) is 33.4. The number of hydrogen-bond acceptors (Lipinski definition) is 9. The number of nitrogens with one attached hydrogen (secondary N) is 1. The van der Waals surface area contributed by atoms with E-state index in [1.165, 1.54) is 10.9 Å². The second-order valence-corrected chi connectivity index (χ2v) is 5.49. The van der Waals surface area contributed by atoms with E-state index < -0.39 is 23.9 Å². The SMILES string of the molecule is CC(C)[C@H](N)C(=O)OCC(O)OCn1cnc2c(=O)[nH]c(N)nc21. The number of fused-ring (bicyclic) bond motifs is 1. The first kappa shape index (κ1) is 17.8. The number of nitrogens with two attached hydrogens (primary N) is 2. The number of anilines is 1. The van der Waals surface area contributed by atoms with E-state index in [9.17, 15) is 14.7 Å². The van der Waals surface area contributed by atoms with E-state index in [0.717, 1.165) is 0 Å². The maximum atomic E-state index is 11.6. The number of aromatic amines is 1. The normalized spacial score (nSPS) is 14.0. The summed E-state index contributed by atoms with van der Waals surface area (Å²) in [5.74, 6) is -0.768. The van der Waals surface area contributed by atoms with E-state index >= 15 is 0 Å². The van der Waals surface area contributed by atoms with Gasteiger partial charge >= 0.3 is 5.97 Å². The van der Waals surface area contributed by atoms with Gasteiger partial charge in [0.15, 0.2) is 17.5 Å². The Morgan fingerprint density at radius 3 is 2.88 bits per heavy atom. The lowest BCUT2D eigenvalue weighted by molar-refractivity contribution is -0.175. The molecule has 0 aromatic carbocycles. The van der Waals surface area contributed by atoms with Crippen LogP contribution in [0.3, 0.4) is 0 Å². The topological polar surface area (TPSA) is 171 Å². The predicted octanol–water partition coefficient (Wildman–Crippen LogP) is -1.48. The van der Waals surface area contributed by atoms with Crippen molar-refractivity contribution in [2.24, 2.45) is 11.7 Å². The number of carbonyl (C=O) groups is 1. The number of nitrogen functional groups attached to an aromatic ring is 1. The molecule has 0 amide bonds. The van der Waals surface area contributed by atoms with Crippen LogP contribution in [0.5, 0.6) is 0 Å². The van der Waals surface area contributed by atoms with Crippen molar-refractivity contribution in [3.05, 3.63) is 16.7 Å². The Morgan fingerprint density at radius 2 is 2.21 bits per heavy atom. The lowest BCUT2D eigenvalue weighted by Crippen LogP contribution is -2.38. The van der Waals surface area contributed by atoms with Crippen LogP contribution in [0.1, 0.15) is 13.8 Å². The van der Waals surface area contributed by atoms with Crippen LogP contribution in [-0.4, -0.2) is 49.5 Å². The molecule has 0 aliphatic heterocycles. The number of nitrogens with zero attached hydrogens (tertiary/aromatic N) is 3. The van der Waals surface area contributed by atoms with E-state index in [0.29, 0.717) is 0 Å². The molecule has 6 N–H and O–H groups in total. The average Bonchev–Trinajstić information content (AvgIpc) is 2.92. The van der Waals surface area contributed by atoms with Gasteiger partial charge in [-0.1, -0.05) is 13.8 Å². The number of ether oxygens (including phenoxy) is 2. The predicted molar refractivity (Wildman–Crippen MR) is 83.4 cm³/mol. The molecule has 132 valence electrons. The smallest absolute Gasteiger partial charge is 0.323 e. The minimum absolute atomic E-state index is 0.0635. The van der Waals surface area contributed by atoms with Crippen LogP contribution < -0.4 is 17.0 Å². The molecular formula is C13H20N6O5. The highest BCUT2D eigenvalue weighted by molar-refractivity contribution is 5.75. The molecule has 2 rings (SSSR count). The van der Waals surface area contributed by atoms with Gasteiger partial charge in [0, 0.05) is 0 Å². The van der Waals surface area contributed by atoms with E-state index in [1.54, 1.807) is 13.8 Å². The van der Waals surface area contributed by atoms with E-state index in [2.05, 4.69) is 15.0 Å². The average molecular weight is 340 g/mol. The molecule has 0 spiro atoms. The standard InChI is InChI=1S/C13H20N6O5/c1-6(2)8(14)12(22)23-3-7(20)24-5-19-4-16-9-10(19)17-13(15)18-11(9)21/h4,6-8,20H,3,5,14H2,1-2H3,(H3,15,17,18,21)/t7?,8-/m0/s1. The number of rotatable bonds is 7.